The second-order valence-electron chi connectivity index (χ2n) is 14.0. The number of anilines is 1. The van der Waals surface area contributed by atoms with E-state index in [1.165, 1.54) is 12.4 Å². The number of amides is 8. The van der Waals surface area contributed by atoms with Crippen LogP contribution in [0, 0.1) is 0 Å². The van der Waals surface area contributed by atoms with Crippen LogP contribution in [0.1, 0.15) is 51.4 Å². The highest BCUT2D eigenvalue weighted by Gasteiger charge is 2.34. The summed E-state index contributed by atoms with van der Waals surface area (Å²) < 4.78 is 0. The highest BCUT2D eigenvalue weighted by molar-refractivity contribution is 5.98. The molecule has 16 N–H and O–H groups in total. The first-order chi connectivity index (χ1) is 31.6. The van der Waals surface area contributed by atoms with Crippen molar-refractivity contribution >= 4 is 82.8 Å². The molecule has 0 bridgehead atoms. The zero-order chi connectivity index (χ0) is 50.6. The number of nitrogens with zero attached hydrogens (tertiary/aromatic N) is 1. The van der Waals surface area contributed by atoms with E-state index in [4.69, 9.17) is 10.2 Å². The van der Waals surface area contributed by atoms with E-state index in [-0.39, 0.29) is 6.54 Å². The van der Waals surface area contributed by atoms with Gasteiger partial charge >= 0.3 is 29.8 Å². The van der Waals surface area contributed by atoms with Crippen molar-refractivity contribution in [2.45, 2.75) is 87.6 Å². The van der Waals surface area contributed by atoms with E-state index in [0.717, 1.165) is 0 Å². The Balaban J connectivity index is 3.14. The second-order valence-corrected chi connectivity index (χ2v) is 14.0. The van der Waals surface area contributed by atoms with Gasteiger partial charge in [-0.15, -0.1) is 0 Å². The molecule has 0 aliphatic carbocycles. The molecule has 0 saturated heterocycles. The first-order valence-electron chi connectivity index (χ1n) is 19.9. The summed E-state index contributed by atoms with van der Waals surface area (Å²) in [5, 5.41) is 85.0. The zero-order valence-electron chi connectivity index (χ0n) is 35.4. The smallest absolute Gasteiger partial charge is 0.305 e. The number of nitrogens with one attached hydrogen (secondary N) is 9. The third kappa shape index (κ3) is 24.0. The minimum Gasteiger partial charge on any atom is -0.481 e. The molecule has 1 rings (SSSR count). The Hall–Kier alpha value is -8.02. The van der Waals surface area contributed by atoms with Crippen LogP contribution in [0.2, 0.25) is 0 Å². The quantitative estimate of drug-likeness (QED) is 0.0311. The number of pyridine rings is 1. The topological polar surface area (TPSA) is 485 Å². The summed E-state index contributed by atoms with van der Waals surface area (Å²) in [6.45, 7) is -3.90. The van der Waals surface area contributed by atoms with Gasteiger partial charge in [0.2, 0.25) is 47.3 Å². The van der Waals surface area contributed by atoms with Crippen molar-refractivity contribution < 1.29 is 98.1 Å². The lowest BCUT2D eigenvalue weighted by atomic mass is 10.1. The van der Waals surface area contributed by atoms with Gasteiger partial charge in [0.05, 0.1) is 44.8 Å². The van der Waals surface area contributed by atoms with Gasteiger partial charge in [0, 0.05) is 38.2 Å². The monoisotopic (exact) mass is 956 g/mol. The minimum absolute atomic E-state index is 0.285. The molecule has 6 atom stereocenters. The highest BCUT2D eigenvalue weighted by Crippen LogP contribution is 2.07. The third-order valence-electron chi connectivity index (χ3n) is 8.70. The molecule has 1 aromatic rings. The van der Waals surface area contributed by atoms with E-state index in [1.54, 1.807) is 12.1 Å². The molecule has 30 nitrogen and oxygen atoms in total. The van der Waals surface area contributed by atoms with Crippen molar-refractivity contribution in [2.75, 3.05) is 38.2 Å². The maximum atomic E-state index is 13.5. The molecule has 0 aliphatic heterocycles. The molecule has 0 aromatic carbocycles. The van der Waals surface area contributed by atoms with Gasteiger partial charge in [-0.1, -0.05) is 0 Å². The molecule has 370 valence electrons. The van der Waals surface area contributed by atoms with E-state index < -0.39 is 191 Å². The van der Waals surface area contributed by atoms with Crippen LogP contribution in [0.3, 0.4) is 0 Å². The van der Waals surface area contributed by atoms with Crippen molar-refractivity contribution in [1.29, 1.82) is 0 Å². The third-order valence-corrected chi connectivity index (χ3v) is 8.70. The summed E-state index contributed by atoms with van der Waals surface area (Å²) >= 11 is 0. The molecular formula is C37H52N10O20. The molecular weight excluding hydrogens is 904 g/mol. The van der Waals surface area contributed by atoms with Crippen molar-refractivity contribution in [3.63, 3.8) is 0 Å². The van der Waals surface area contributed by atoms with E-state index in [9.17, 15) is 87.9 Å². The molecule has 0 fully saturated rings. The van der Waals surface area contributed by atoms with Gasteiger partial charge < -0.3 is 83.6 Å². The van der Waals surface area contributed by atoms with Crippen molar-refractivity contribution in [3.8, 4) is 0 Å². The number of carbonyl (C=O) groups is 13. The lowest BCUT2D eigenvalue weighted by molar-refractivity contribution is -0.142. The Kier molecular flexibility index (Phi) is 25.7. The fourth-order valence-electron chi connectivity index (χ4n) is 5.30. The molecule has 0 unspecified atom stereocenters. The molecule has 0 radical (unpaired) electrons. The molecule has 0 aliphatic rings. The number of carboxylic acids is 5. The molecule has 1 heterocycles. The molecule has 1 aromatic heterocycles. The van der Waals surface area contributed by atoms with E-state index >= 15 is 0 Å². The molecule has 0 saturated carbocycles. The summed E-state index contributed by atoms with van der Waals surface area (Å²) in [6, 6.07) is -8.16. The minimum atomic E-state index is -2.03. The number of aliphatic hydroxyl groups excluding tert-OH is 2. The van der Waals surface area contributed by atoms with Crippen molar-refractivity contribution in [2.24, 2.45) is 0 Å². The molecule has 0 spiro atoms. The van der Waals surface area contributed by atoms with Gasteiger partial charge in [0.1, 0.15) is 36.3 Å². The molecule has 8 amide bonds. The number of hydrogen-bond donors (Lipinski definition) is 16. The number of carboxylic acid groups (broad SMARTS) is 5. The average Bonchev–Trinajstić information content (AvgIpc) is 3.26. The van der Waals surface area contributed by atoms with Crippen LogP contribution < -0.4 is 47.9 Å². The summed E-state index contributed by atoms with van der Waals surface area (Å²) in [6.07, 6.45) is -3.11. The van der Waals surface area contributed by atoms with Gasteiger partial charge in [-0.2, -0.15) is 0 Å². The van der Waals surface area contributed by atoms with Gasteiger partial charge in [0.25, 0.3) is 0 Å². The largest absolute Gasteiger partial charge is 0.481 e. The lowest BCUT2D eigenvalue weighted by Gasteiger charge is -2.26. The number of hydrogen-bond acceptors (Lipinski definition) is 17. The first-order valence-corrected chi connectivity index (χ1v) is 19.9. The Labute approximate surface area is 378 Å². The second kappa shape index (κ2) is 30.2. The van der Waals surface area contributed by atoms with Crippen LogP contribution in [0.15, 0.2) is 24.5 Å². The van der Waals surface area contributed by atoms with Crippen molar-refractivity contribution in [3.05, 3.63) is 24.5 Å². The SMILES string of the molecule is O=C(O)CCNC(=O)[C@H](CC(=O)O)NC(=O)[C@H](CCC(=O)O)NC(=O)[C@H](CCC(=O)O)NC(=O)[C@H](CO)NC(=O)[C@H](CO)NC(=O)[C@H](CCC(=O)O)NC(=O)CNC(=O)CNc1cccnc1. The number of carbonyl (C=O) groups excluding carboxylic acids is 8. The van der Waals surface area contributed by atoms with Crippen molar-refractivity contribution in [1.82, 2.24) is 47.5 Å². The molecule has 30 heteroatoms. The van der Waals surface area contributed by atoms with E-state index in [2.05, 4.69) is 31.6 Å². The van der Waals surface area contributed by atoms with Gasteiger partial charge in [-0.3, -0.25) is 67.3 Å². The zero-order valence-corrected chi connectivity index (χ0v) is 35.4. The summed E-state index contributed by atoms with van der Waals surface area (Å²) in [5.74, 6) is -16.9. The van der Waals surface area contributed by atoms with Crippen LogP contribution >= 0.6 is 0 Å². The maximum Gasteiger partial charge on any atom is 0.305 e. The summed E-state index contributed by atoms with van der Waals surface area (Å²) in [5.41, 5.74) is 0.489. The van der Waals surface area contributed by atoms with Gasteiger partial charge in [-0.05, 0) is 31.4 Å². The average molecular weight is 957 g/mol. The highest BCUT2D eigenvalue weighted by atomic mass is 16.4. The fraction of sp³-hybridized carbons (Fsp3) is 0.514. The van der Waals surface area contributed by atoms with Crippen LogP contribution in [-0.2, 0) is 62.3 Å². The van der Waals surface area contributed by atoms with Crippen LogP contribution in [0.5, 0.6) is 0 Å². The summed E-state index contributed by atoms with van der Waals surface area (Å²) in [4.78, 5) is 164. The predicted molar refractivity (Wildman–Crippen MR) is 220 cm³/mol. The van der Waals surface area contributed by atoms with Crippen LogP contribution in [-0.4, -0.2) is 187 Å². The number of aromatic nitrogens is 1. The fourth-order valence-corrected chi connectivity index (χ4v) is 5.30. The number of aliphatic carboxylic acids is 5. The summed E-state index contributed by atoms with van der Waals surface area (Å²) in [7, 11) is 0. The van der Waals surface area contributed by atoms with Crippen LogP contribution in [0.4, 0.5) is 5.69 Å². The Morgan fingerprint density at radius 1 is 0.463 bits per heavy atom. The van der Waals surface area contributed by atoms with Gasteiger partial charge in [-0.25, -0.2) is 0 Å². The molecule has 67 heavy (non-hydrogen) atoms. The predicted octanol–water partition coefficient (Wildman–Crippen LogP) is -6.84. The van der Waals surface area contributed by atoms with Gasteiger partial charge in [0.15, 0.2) is 0 Å². The standard InChI is InChI=1S/C37H52N10O20/c48-16-23(47-37(67)24(17-49)46-33(63)19(3-6-27(52)53)42-26(51)15-41-25(50)14-40-18-2-1-10-38-13-18)36(66)44-20(4-7-28(54)55)34(64)43-21(5-8-29(56)57)35(65)45-22(12-31(60)61)32(62)39-11-9-30(58)59/h1-2,10,13,19-24,40,48-49H,3-9,11-12,14-17H2,(H,39,62)(H,41,50)(H,42,51)(H,43,64)(H,44,66)(H,45,65)(H,46,63)(H,47,67)(H,52,53)(H,54,55)(H,56,57)(H,58,59)(H,60,61)/t19-,20-,21-,22-,23-,24-/m0/s1. The maximum absolute atomic E-state index is 13.5. The Bertz CT molecular complexity index is 1950. The van der Waals surface area contributed by atoms with E-state index in [1.807, 2.05) is 21.3 Å². The van der Waals surface area contributed by atoms with E-state index in [0.29, 0.717) is 5.69 Å². The first kappa shape index (κ1) is 57.0. The number of rotatable bonds is 33. The van der Waals surface area contributed by atoms with Crippen LogP contribution in [0.25, 0.3) is 0 Å². The normalized spacial score (nSPS) is 13.2. The Morgan fingerprint density at radius 3 is 1.28 bits per heavy atom. The Morgan fingerprint density at radius 2 is 0.881 bits per heavy atom. The number of aliphatic hydroxyl groups is 2. The lowest BCUT2D eigenvalue weighted by Crippen LogP contribution is -2.61.